The molecule has 5 heteroatoms. The number of nitrogens with one attached hydrogen (secondary N) is 1. The SMILES string of the molecule is CCCNC(c1ccc(Br)s1)c1sccc1OC. The molecule has 0 aliphatic heterocycles. The highest BCUT2D eigenvalue weighted by molar-refractivity contribution is 9.11. The van der Waals surface area contributed by atoms with Gasteiger partial charge in [-0.2, -0.15) is 0 Å². The number of ether oxygens (including phenoxy) is 1. The largest absolute Gasteiger partial charge is 0.496 e. The van der Waals surface area contributed by atoms with Gasteiger partial charge in [-0.25, -0.2) is 0 Å². The maximum Gasteiger partial charge on any atom is 0.134 e. The van der Waals surface area contributed by atoms with Crippen LogP contribution >= 0.6 is 38.6 Å². The molecule has 1 unspecified atom stereocenters. The van der Waals surface area contributed by atoms with E-state index >= 15 is 0 Å². The van der Waals surface area contributed by atoms with Gasteiger partial charge >= 0.3 is 0 Å². The molecule has 18 heavy (non-hydrogen) atoms. The number of methoxy groups -OCH3 is 1. The number of rotatable bonds is 6. The van der Waals surface area contributed by atoms with Gasteiger partial charge in [0, 0.05) is 4.88 Å². The Bertz CT molecular complexity index is 495. The lowest BCUT2D eigenvalue weighted by Crippen LogP contribution is -2.21. The van der Waals surface area contributed by atoms with Crippen molar-refractivity contribution in [3.05, 3.63) is 37.1 Å². The second-order valence-electron chi connectivity index (χ2n) is 3.88. The van der Waals surface area contributed by atoms with Crippen LogP contribution in [0.15, 0.2) is 27.4 Å². The lowest BCUT2D eigenvalue weighted by Gasteiger charge is -2.17. The molecule has 2 aromatic heterocycles. The van der Waals surface area contributed by atoms with Crippen molar-refractivity contribution in [3.8, 4) is 5.75 Å². The van der Waals surface area contributed by atoms with Gasteiger partial charge in [0.05, 0.1) is 21.8 Å². The predicted octanol–water partition coefficient (Wildman–Crippen LogP) is 4.67. The highest BCUT2D eigenvalue weighted by Gasteiger charge is 2.20. The molecule has 2 aromatic rings. The van der Waals surface area contributed by atoms with Crippen LogP contribution in [0, 0.1) is 0 Å². The highest BCUT2D eigenvalue weighted by atomic mass is 79.9. The molecule has 0 amide bonds. The fraction of sp³-hybridized carbons (Fsp3) is 0.385. The molecule has 1 atom stereocenters. The van der Waals surface area contributed by atoms with E-state index in [0.717, 1.165) is 22.5 Å². The Morgan fingerprint density at radius 3 is 2.83 bits per heavy atom. The van der Waals surface area contributed by atoms with Crippen LogP contribution < -0.4 is 10.1 Å². The summed E-state index contributed by atoms with van der Waals surface area (Å²) in [5.74, 6) is 0.970. The summed E-state index contributed by atoms with van der Waals surface area (Å²) < 4.78 is 6.60. The molecule has 0 radical (unpaired) electrons. The molecule has 2 nitrogen and oxygen atoms in total. The quantitative estimate of drug-likeness (QED) is 0.821. The molecule has 98 valence electrons. The van der Waals surface area contributed by atoms with Crippen molar-refractivity contribution in [2.75, 3.05) is 13.7 Å². The Kier molecular flexibility index (Phi) is 5.24. The molecular formula is C13H16BrNOS2. The molecule has 0 spiro atoms. The molecule has 0 aliphatic rings. The van der Waals surface area contributed by atoms with Crippen LogP contribution in [0.25, 0.3) is 0 Å². The zero-order valence-corrected chi connectivity index (χ0v) is 13.6. The highest BCUT2D eigenvalue weighted by Crippen LogP contribution is 2.38. The molecular weight excluding hydrogens is 330 g/mol. The number of hydrogen-bond acceptors (Lipinski definition) is 4. The van der Waals surface area contributed by atoms with Crippen LogP contribution in [0.2, 0.25) is 0 Å². The Morgan fingerprint density at radius 2 is 2.22 bits per heavy atom. The fourth-order valence-corrected chi connectivity index (χ4v) is 4.32. The lowest BCUT2D eigenvalue weighted by molar-refractivity contribution is 0.407. The normalized spacial score (nSPS) is 12.6. The average molecular weight is 346 g/mol. The molecule has 0 aromatic carbocycles. The van der Waals surface area contributed by atoms with E-state index < -0.39 is 0 Å². The Labute approximate surface area is 124 Å². The van der Waals surface area contributed by atoms with Crippen molar-refractivity contribution >= 4 is 38.6 Å². The second-order valence-corrected chi connectivity index (χ2v) is 7.32. The van der Waals surface area contributed by atoms with Crippen molar-refractivity contribution in [2.24, 2.45) is 0 Å². The minimum atomic E-state index is 0.233. The van der Waals surface area contributed by atoms with Crippen LogP contribution in [0.5, 0.6) is 5.75 Å². The molecule has 0 saturated carbocycles. The minimum Gasteiger partial charge on any atom is -0.496 e. The van der Waals surface area contributed by atoms with Crippen LogP contribution in [0.4, 0.5) is 0 Å². The van der Waals surface area contributed by atoms with Gasteiger partial charge < -0.3 is 10.1 Å². The Hall–Kier alpha value is -0.360. The van der Waals surface area contributed by atoms with E-state index in [2.05, 4.69) is 45.7 Å². The summed E-state index contributed by atoms with van der Waals surface area (Å²) in [6, 6.07) is 6.53. The van der Waals surface area contributed by atoms with Gasteiger partial charge in [0.25, 0.3) is 0 Å². The summed E-state index contributed by atoms with van der Waals surface area (Å²) in [4.78, 5) is 2.57. The summed E-state index contributed by atoms with van der Waals surface area (Å²) in [6.07, 6.45) is 1.12. The van der Waals surface area contributed by atoms with Crippen LogP contribution in [-0.2, 0) is 0 Å². The zero-order chi connectivity index (χ0) is 13.0. The fourth-order valence-electron chi connectivity index (χ4n) is 1.78. The molecule has 2 rings (SSSR count). The van der Waals surface area contributed by atoms with Gasteiger partial charge in [-0.3, -0.25) is 0 Å². The van der Waals surface area contributed by atoms with Crippen LogP contribution in [-0.4, -0.2) is 13.7 Å². The summed E-state index contributed by atoms with van der Waals surface area (Å²) in [7, 11) is 1.73. The minimum absolute atomic E-state index is 0.233. The van der Waals surface area contributed by atoms with E-state index in [1.165, 1.54) is 9.75 Å². The molecule has 0 aliphatic carbocycles. The van der Waals surface area contributed by atoms with E-state index in [0.29, 0.717) is 0 Å². The number of halogens is 1. The predicted molar refractivity (Wildman–Crippen MR) is 83.0 cm³/mol. The maximum atomic E-state index is 5.44. The first-order valence-electron chi connectivity index (χ1n) is 5.86. The lowest BCUT2D eigenvalue weighted by atomic mass is 10.2. The van der Waals surface area contributed by atoms with E-state index in [1.807, 2.05) is 6.07 Å². The van der Waals surface area contributed by atoms with Crippen LogP contribution in [0.1, 0.15) is 29.1 Å². The van der Waals surface area contributed by atoms with Gasteiger partial charge in [0.15, 0.2) is 0 Å². The molecule has 2 heterocycles. The molecule has 1 N–H and O–H groups in total. The first-order valence-corrected chi connectivity index (χ1v) is 8.35. The monoisotopic (exact) mass is 345 g/mol. The third-order valence-corrected chi connectivity index (χ3v) is 5.27. The summed E-state index contributed by atoms with van der Waals surface area (Å²) in [5.41, 5.74) is 0. The second kappa shape index (κ2) is 6.70. The van der Waals surface area contributed by atoms with Gasteiger partial charge in [-0.05, 0) is 52.5 Å². The van der Waals surface area contributed by atoms with E-state index in [9.17, 15) is 0 Å². The molecule has 0 fully saturated rings. The van der Waals surface area contributed by atoms with Gasteiger partial charge in [-0.1, -0.05) is 6.92 Å². The van der Waals surface area contributed by atoms with E-state index in [1.54, 1.807) is 29.8 Å². The van der Waals surface area contributed by atoms with Crippen molar-refractivity contribution < 1.29 is 4.74 Å². The Balaban J connectivity index is 2.30. The zero-order valence-electron chi connectivity index (χ0n) is 10.4. The van der Waals surface area contributed by atoms with Crippen molar-refractivity contribution in [2.45, 2.75) is 19.4 Å². The van der Waals surface area contributed by atoms with Crippen molar-refractivity contribution in [3.63, 3.8) is 0 Å². The smallest absolute Gasteiger partial charge is 0.134 e. The molecule has 0 saturated heterocycles. The van der Waals surface area contributed by atoms with Gasteiger partial charge in [0.1, 0.15) is 5.75 Å². The average Bonchev–Trinajstić information content (AvgIpc) is 2.99. The standard InChI is InChI=1S/C13H16BrNOS2/c1-3-7-15-12(10-4-5-11(14)18-10)13-9(16-2)6-8-17-13/h4-6,8,12,15H,3,7H2,1-2H3. The number of hydrogen-bond donors (Lipinski definition) is 1. The molecule has 0 bridgehead atoms. The first kappa shape index (κ1) is 14.1. The first-order chi connectivity index (χ1) is 8.76. The summed E-state index contributed by atoms with van der Waals surface area (Å²) in [6.45, 7) is 3.18. The summed E-state index contributed by atoms with van der Waals surface area (Å²) in [5, 5.41) is 5.68. The van der Waals surface area contributed by atoms with Crippen LogP contribution in [0.3, 0.4) is 0 Å². The van der Waals surface area contributed by atoms with E-state index in [4.69, 9.17) is 4.74 Å². The maximum absolute atomic E-state index is 5.44. The van der Waals surface area contributed by atoms with Crippen molar-refractivity contribution in [1.82, 2.24) is 5.32 Å². The summed E-state index contributed by atoms with van der Waals surface area (Å²) >= 11 is 7.04. The third-order valence-electron chi connectivity index (χ3n) is 2.62. The van der Waals surface area contributed by atoms with Gasteiger partial charge in [0.2, 0.25) is 0 Å². The number of thiophene rings is 2. The topological polar surface area (TPSA) is 21.3 Å². The van der Waals surface area contributed by atoms with E-state index in [-0.39, 0.29) is 6.04 Å². The third kappa shape index (κ3) is 3.15. The Morgan fingerprint density at radius 1 is 1.39 bits per heavy atom. The van der Waals surface area contributed by atoms with Gasteiger partial charge in [-0.15, -0.1) is 22.7 Å². The van der Waals surface area contributed by atoms with Crippen molar-refractivity contribution in [1.29, 1.82) is 0 Å².